The molecule has 0 aromatic carbocycles. The SMILES string of the molecule is CC1=C[C@@H](O)[C@H](N=[N+]=[N-])[C@H](O)C1.CC1=C[C@H](C)[C@H](N=[N+]=[N-])[C@H](C)C1. The van der Waals surface area contributed by atoms with Crippen molar-refractivity contribution in [3.8, 4) is 0 Å². The molecule has 0 spiro atoms. The Kier molecular flexibility index (Phi) is 7.82. The van der Waals surface area contributed by atoms with Crippen LogP contribution in [0.3, 0.4) is 0 Å². The number of azide groups is 2. The van der Waals surface area contributed by atoms with Gasteiger partial charge in [-0.25, -0.2) is 0 Å². The number of allylic oxidation sites excluding steroid dienone is 1. The van der Waals surface area contributed by atoms with Crippen molar-refractivity contribution in [3.05, 3.63) is 44.2 Å². The van der Waals surface area contributed by atoms with Gasteiger partial charge in [0.25, 0.3) is 0 Å². The second-order valence-corrected chi connectivity index (χ2v) is 6.72. The minimum atomic E-state index is -0.857. The van der Waals surface area contributed by atoms with E-state index in [1.165, 1.54) is 5.57 Å². The molecule has 0 heterocycles. The van der Waals surface area contributed by atoms with Crippen LogP contribution in [0.5, 0.6) is 0 Å². The van der Waals surface area contributed by atoms with Gasteiger partial charge in [-0.3, -0.25) is 0 Å². The minimum Gasteiger partial charge on any atom is -0.392 e. The van der Waals surface area contributed by atoms with E-state index in [-0.39, 0.29) is 6.04 Å². The third-order valence-corrected chi connectivity index (χ3v) is 4.41. The Morgan fingerprint density at radius 1 is 0.958 bits per heavy atom. The molecule has 0 aliphatic heterocycles. The lowest BCUT2D eigenvalue weighted by Gasteiger charge is -2.29. The molecule has 0 radical (unpaired) electrons. The molecule has 0 aromatic rings. The van der Waals surface area contributed by atoms with Crippen LogP contribution in [0.4, 0.5) is 0 Å². The summed E-state index contributed by atoms with van der Waals surface area (Å²) >= 11 is 0. The molecule has 8 nitrogen and oxygen atoms in total. The molecule has 0 fully saturated rings. The van der Waals surface area contributed by atoms with Crippen LogP contribution in [-0.4, -0.2) is 34.5 Å². The van der Waals surface area contributed by atoms with Crippen LogP contribution in [0.25, 0.3) is 20.9 Å². The fourth-order valence-corrected chi connectivity index (χ4v) is 3.38. The van der Waals surface area contributed by atoms with Crippen LogP contribution in [0.2, 0.25) is 0 Å². The van der Waals surface area contributed by atoms with Crippen molar-refractivity contribution in [1.29, 1.82) is 0 Å². The smallest absolute Gasteiger partial charge is 0.0931 e. The highest BCUT2D eigenvalue weighted by Crippen LogP contribution is 2.30. The summed E-state index contributed by atoms with van der Waals surface area (Å²) in [4.78, 5) is 5.44. The van der Waals surface area contributed by atoms with Crippen molar-refractivity contribution < 1.29 is 10.2 Å². The lowest BCUT2D eigenvalue weighted by atomic mass is 9.81. The van der Waals surface area contributed by atoms with Gasteiger partial charge in [0.15, 0.2) is 0 Å². The van der Waals surface area contributed by atoms with Gasteiger partial charge in [-0.15, -0.1) is 0 Å². The molecule has 2 rings (SSSR count). The summed E-state index contributed by atoms with van der Waals surface area (Å²) in [5, 5.41) is 25.8. The molecule has 132 valence electrons. The average Bonchev–Trinajstić information content (AvgIpc) is 2.47. The maximum Gasteiger partial charge on any atom is 0.0931 e. The van der Waals surface area contributed by atoms with Gasteiger partial charge in [0.05, 0.1) is 18.2 Å². The highest BCUT2D eigenvalue weighted by atomic mass is 16.3. The van der Waals surface area contributed by atoms with Crippen molar-refractivity contribution in [1.82, 2.24) is 0 Å². The molecular formula is C16H26N6O2. The number of hydrogen-bond donors (Lipinski definition) is 2. The second-order valence-electron chi connectivity index (χ2n) is 6.72. The number of nitrogens with zero attached hydrogens (tertiary/aromatic N) is 6. The van der Waals surface area contributed by atoms with E-state index in [1.54, 1.807) is 6.08 Å². The van der Waals surface area contributed by atoms with E-state index < -0.39 is 18.2 Å². The monoisotopic (exact) mass is 334 g/mol. The summed E-state index contributed by atoms with van der Waals surface area (Å²) in [6, 6.07) is -0.586. The third kappa shape index (κ3) is 5.58. The van der Waals surface area contributed by atoms with Crippen LogP contribution < -0.4 is 0 Å². The van der Waals surface area contributed by atoms with Crippen molar-refractivity contribution in [2.45, 2.75) is 64.8 Å². The lowest BCUT2D eigenvalue weighted by Crippen LogP contribution is -2.37. The summed E-state index contributed by atoms with van der Waals surface area (Å²) in [7, 11) is 0. The van der Waals surface area contributed by atoms with Crippen molar-refractivity contribution >= 4 is 0 Å². The van der Waals surface area contributed by atoms with E-state index in [4.69, 9.17) is 11.1 Å². The Balaban J connectivity index is 0.000000240. The summed E-state index contributed by atoms with van der Waals surface area (Å²) < 4.78 is 0. The van der Waals surface area contributed by atoms with Crippen LogP contribution in [0.1, 0.15) is 40.5 Å². The Morgan fingerprint density at radius 3 is 2.00 bits per heavy atom. The van der Waals surface area contributed by atoms with E-state index >= 15 is 0 Å². The number of aliphatic hydroxyl groups excluding tert-OH is 2. The maximum atomic E-state index is 9.38. The molecule has 2 aliphatic carbocycles. The molecule has 2 N–H and O–H groups in total. The average molecular weight is 334 g/mol. The number of hydrogen-bond acceptors (Lipinski definition) is 4. The molecule has 8 heteroatoms. The fourth-order valence-electron chi connectivity index (χ4n) is 3.38. The number of rotatable bonds is 2. The highest BCUT2D eigenvalue weighted by Gasteiger charge is 2.28. The van der Waals surface area contributed by atoms with Gasteiger partial charge in [0, 0.05) is 15.9 Å². The Bertz CT molecular complexity index is 537. The highest BCUT2D eigenvalue weighted by molar-refractivity contribution is 5.13. The Labute approximate surface area is 142 Å². The summed E-state index contributed by atoms with van der Waals surface area (Å²) in [6.45, 7) is 8.21. The van der Waals surface area contributed by atoms with Gasteiger partial charge in [-0.2, -0.15) is 0 Å². The van der Waals surface area contributed by atoms with Gasteiger partial charge >= 0.3 is 0 Å². The fraction of sp³-hybridized carbons (Fsp3) is 0.750. The van der Waals surface area contributed by atoms with E-state index in [1.807, 2.05) is 6.92 Å². The van der Waals surface area contributed by atoms with Crippen molar-refractivity contribution in [2.75, 3.05) is 0 Å². The Hall–Kier alpha value is -1.98. The first-order chi connectivity index (χ1) is 11.3. The largest absolute Gasteiger partial charge is 0.392 e. The van der Waals surface area contributed by atoms with Gasteiger partial charge in [-0.05, 0) is 49.6 Å². The van der Waals surface area contributed by atoms with Crippen molar-refractivity contribution in [2.24, 2.45) is 22.1 Å². The summed E-state index contributed by atoms with van der Waals surface area (Å²) in [5.41, 5.74) is 18.8. The molecule has 0 unspecified atom stereocenters. The predicted octanol–water partition coefficient (Wildman–Crippen LogP) is 4.02. The van der Waals surface area contributed by atoms with Crippen LogP contribution in [0, 0.1) is 11.8 Å². The van der Waals surface area contributed by atoms with Crippen molar-refractivity contribution in [3.63, 3.8) is 0 Å². The number of aliphatic hydroxyl groups is 2. The minimum absolute atomic E-state index is 0.152. The standard InChI is InChI=1S/C9H15N3.C7H11N3O2/c1-6-4-7(2)9(11-12-10)8(3)5-6;1-4-2-5(11)7(9-10-8)6(12)3-4/h4,7-9H,5H2,1-3H3;2,5-7,11-12H,3H2,1H3/t7-,8+,9-;5-,6-,7+/m01/s1. The normalized spacial score (nSPS) is 35.2. The molecule has 0 bridgehead atoms. The first-order valence-corrected chi connectivity index (χ1v) is 8.09. The lowest BCUT2D eigenvalue weighted by molar-refractivity contribution is 0.0692. The second kappa shape index (κ2) is 9.35. The zero-order chi connectivity index (χ0) is 18.3. The molecule has 2 aliphatic rings. The van der Waals surface area contributed by atoms with Gasteiger partial charge < -0.3 is 10.2 Å². The van der Waals surface area contributed by atoms with E-state index in [0.29, 0.717) is 18.3 Å². The van der Waals surface area contributed by atoms with Crippen LogP contribution >= 0.6 is 0 Å². The molecule has 6 atom stereocenters. The summed E-state index contributed by atoms with van der Waals surface area (Å²) in [6.07, 6.45) is 3.71. The van der Waals surface area contributed by atoms with E-state index in [9.17, 15) is 10.2 Å². The van der Waals surface area contributed by atoms with Gasteiger partial charge in [0.1, 0.15) is 0 Å². The Morgan fingerprint density at radius 2 is 1.50 bits per heavy atom. The molecule has 0 aromatic heterocycles. The zero-order valence-corrected chi connectivity index (χ0v) is 14.6. The van der Waals surface area contributed by atoms with Crippen LogP contribution in [0.15, 0.2) is 33.5 Å². The summed E-state index contributed by atoms with van der Waals surface area (Å²) in [5.74, 6) is 0.880. The van der Waals surface area contributed by atoms with Gasteiger partial charge in [0.2, 0.25) is 0 Å². The topological polar surface area (TPSA) is 138 Å². The van der Waals surface area contributed by atoms with E-state index in [2.05, 4.69) is 46.9 Å². The maximum absolute atomic E-state index is 9.38. The molecule has 0 amide bonds. The van der Waals surface area contributed by atoms with E-state index in [0.717, 1.165) is 12.0 Å². The molecule has 0 saturated carbocycles. The first-order valence-electron chi connectivity index (χ1n) is 8.09. The van der Waals surface area contributed by atoms with Gasteiger partial charge in [-0.1, -0.05) is 47.4 Å². The quantitative estimate of drug-likeness (QED) is 0.341. The zero-order valence-electron chi connectivity index (χ0n) is 14.6. The first kappa shape index (κ1) is 20.1. The molecular weight excluding hydrogens is 308 g/mol. The predicted molar refractivity (Wildman–Crippen MR) is 93.0 cm³/mol. The van der Waals surface area contributed by atoms with Crippen LogP contribution in [-0.2, 0) is 0 Å². The molecule has 0 saturated heterocycles. The molecule has 24 heavy (non-hydrogen) atoms. The third-order valence-electron chi connectivity index (χ3n) is 4.41.